The van der Waals surface area contributed by atoms with Crippen LogP contribution in [0.15, 0.2) is 0 Å². The molecule has 0 aromatic carbocycles. The first-order valence-corrected chi connectivity index (χ1v) is 6.92. The molecule has 124 valence electrons. The van der Waals surface area contributed by atoms with Crippen molar-refractivity contribution in [3.63, 3.8) is 0 Å². The molecule has 1 aliphatic carbocycles. The molecular formula is C13H19F2N3O4. The molecule has 2 rings (SSSR count). The normalized spacial score (nSPS) is 27.0. The molecule has 22 heavy (non-hydrogen) atoms. The average Bonchev–Trinajstić information content (AvgIpc) is 2.88. The van der Waals surface area contributed by atoms with Gasteiger partial charge in [0.25, 0.3) is 11.8 Å². The largest absolute Gasteiger partial charge is 0.444 e. The molecule has 0 bridgehead atoms. The zero-order valence-electron chi connectivity index (χ0n) is 12.7. The highest BCUT2D eigenvalue weighted by molar-refractivity contribution is 5.97. The molecule has 2 aliphatic rings. The first-order valence-electron chi connectivity index (χ1n) is 6.92. The molecule has 0 spiro atoms. The zero-order chi connectivity index (χ0) is 16.8. The summed E-state index contributed by atoms with van der Waals surface area (Å²) in [6, 6.07) is 0. The Morgan fingerprint density at radius 2 is 1.95 bits per heavy atom. The van der Waals surface area contributed by atoms with Crippen LogP contribution in [0.2, 0.25) is 0 Å². The van der Waals surface area contributed by atoms with Gasteiger partial charge in [-0.1, -0.05) is 0 Å². The quantitative estimate of drug-likeness (QED) is 0.763. The van der Waals surface area contributed by atoms with Gasteiger partial charge in [-0.3, -0.25) is 9.59 Å². The Labute approximate surface area is 126 Å². The number of alkyl halides is 2. The lowest BCUT2D eigenvalue weighted by molar-refractivity contribution is -0.143. The molecule has 3 amide bonds. The molecule has 7 nitrogen and oxygen atoms in total. The van der Waals surface area contributed by atoms with Gasteiger partial charge in [-0.25, -0.2) is 13.6 Å². The third kappa shape index (κ3) is 3.12. The van der Waals surface area contributed by atoms with Crippen LogP contribution in [0, 0.1) is 0 Å². The number of piperazine rings is 1. The lowest BCUT2D eigenvalue weighted by atomic mass is 10.2. The van der Waals surface area contributed by atoms with E-state index < -0.39 is 41.4 Å². The number of halogens is 2. The number of carbonyl (C=O) groups is 3. The Hall–Kier alpha value is -1.93. The number of amides is 3. The highest BCUT2D eigenvalue weighted by Crippen LogP contribution is 2.53. The number of nitrogens with one attached hydrogen (secondary N) is 2. The van der Waals surface area contributed by atoms with Gasteiger partial charge >= 0.3 is 6.09 Å². The van der Waals surface area contributed by atoms with Gasteiger partial charge < -0.3 is 20.3 Å². The predicted octanol–water partition coefficient (Wildman–Crippen LogP) is 0.247. The zero-order valence-corrected chi connectivity index (χ0v) is 12.7. The van der Waals surface area contributed by atoms with Crippen LogP contribution >= 0.6 is 0 Å². The molecule has 9 heteroatoms. The molecule has 1 saturated heterocycles. The molecule has 0 radical (unpaired) electrons. The van der Waals surface area contributed by atoms with Crippen LogP contribution in [0.25, 0.3) is 0 Å². The van der Waals surface area contributed by atoms with Crippen molar-refractivity contribution in [1.29, 1.82) is 0 Å². The fraction of sp³-hybridized carbons (Fsp3) is 0.769. The highest BCUT2D eigenvalue weighted by atomic mass is 19.3. The Kier molecular flexibility index (Phi) is 3.78. The van der Waals surface area contributed by atoms with Gasteiger partial charge in [0.15, 0.2) is 5.54 Å². The van der Waals surface area contributed by atoms with Crippen molar-refractivity contribution in [2.45, 2.75) is 44.3 Å². The Bertz CT molecular complexity index is 518. The Morgan fingerprint density at radius 1 is 1.36 bits per heavy atom. The van der Waals surface area contributed by atoms with Crippen molar-refractivity contribution in [2.75, 3.05) is 19.6 Å². The van der Waals surface area contributed by atoms with Gasteiger partial charge in [-0.05, 0) is 20.8 Å². The SMILES string of the molecule is CC(C)(C)OC(=O)N[C@@]1(C(=O)N2CCNC(=O)C2)CC1(F)F. The summed E-state index contributed by atoms with van der Waals surface area (Å²) < 4.78 is 32.4. The van der Waals surface area contributed by atoms with Crippen LogP contribution in [-0.4, -0.2) is 59.5 Å². The van der Waals surface area contributed by atoms with Crippen LogP contribution in [0.3, 0.4) is 0 Å². The molecule has 2 N–H and O–H groups in total. The molecule has 1 atom stereocenters. The summed E-state index contributed by atoms with van der Waals surface area (Å²) in [6.07, 6.45) is -1.88. The Morgan fingerprint density at radius 3 is 2.41 bits per heavy atom. The van der Waals surface area contributed by atoms with Crippen LogP contribution in [0.5, 0.6) is 0 Å². The predicted molar refractivity (Wildman–Crippen MR) is 71.3 cm³/mol. The van der Waals surface area contributed by atoms with Gasteiger partial charge in [0.2, 0.25) is 5.91 Å². The second-order valence-electron chi connectivity index (χ2n) is 6.49. The Balaban J connectivity index is 2.11. The van der Waals surface area contributed by atoms with Crippen LogP contribution in [-0.2, 0) is 14.3 Å². The van der Waals surface area contributed by atoms with Gasteiger partial charge in [0, 0.05) is 13.1 Å². The first kappa shape index (κ1) is 16.4. The van der Waals surface area contributed by atoms with E-state index in [1.165, 1.54) is 0 Å². The van der Waals surface area contributed by atoms with Crippen LogP contribution < -0.4 is 10.6 Å². The second kappa shape index (κ2) is 5.06. The van der Waals surface area contributed by atoms with E-state index in [1.807, 2.05) is 5.32 Å². The first-order chi connectivity index (χ1) is 9.97. The van der Waals surface area contributed by atoms with Crippen molar-refractivity contribution in [3.05, 3.63) is 0 Å². The van der Waals surface area contributed by atoms with Crippen LogP contribution in [0.1, 0.15) is 27.2 Å². The fourth-order valence-corrected chi connectivity index (χ4v) is 2.27. The number of hydrogen-bond donors (Lipinski definition) is 2. The molecule has 2 fully saturated rings. The number of hydrogen-bond acceptors (Lipinski definition) is 4. The lowest BCUT2D eigenvalue weighted by Crippen LogP contribution is -2.59. The van der Waals surface area contributed by atoms with E-state index in [1.54, 1.807) is 20.8 Å². The summed E-state index contributed by atoms with van der Waals surface area (Å²) in [4.78, 5) is 36.4. The van der Waals surface area contributed by atoms with Crippen molar-refractivity contribution in [1.82, 2.24) is 15.5 Å². The van der Waals surface area contributed by atoms with E-state index >= 15 is 0 Å². The van der Waals surface area contributed by atoms with Crippen molar-refractivity contribution in [2.24, 2.45) is 0 Å². The maximum atomic E-state index is 13.7. The molecular weight excluding hydrogens is 300 g/mol. The summed E-state index contributed by atoms with van der Waals surface area (Å²) in [5.74, 6) is -4.73. The van der Waals surface area contributed by atoms with E-state index in [9.17, 15) is 23.2 Å². The number of alkyl carbamates (subject to hydrolysis) is 1. The maximum absolute atomic E-state index is 13.7. The summed E-state index contributed by atoms with van der Waals surface area (Å²) in [6.45, 7) is 4.77. The molecule has 1 heterocycles. The minimum Gasteiger partial charge on any atom is -0.444 e. The third-order valence-electron chi connectivity index (χ3n) is 3.39. The summed E-state index contributed by atoms with van der Waals surface area (Å²) in [7, 11) is 0. The number of nitrogens with zero attached hydrogens (tertiary/aromatic N) is 1. The molecule has 1 aliphatic heterocycles. The van der Waals surface area contributed by atoms with Crippen molar-refractivity contribution >= 4 is 17.9 Å². The minimum absolute atomic E-state index is 0.123. The van der Waals surface area contributed by atoms with E-state index in [-0.39, 0.29) is 19.6 Å². The van der Waals surface area contributed by atoms with Gasteiger partial charge in [0.05, 0.1) is 13.0 Å². The highest BCUT2D eigenvalue weighted by Gasteiger charge is 2.78. The van der Waals surface area contributed by atoms with Crippen molar-refractivity contribution < 1.29 is 27.9 Å². The van der Waals surface area contributed by atoms with Gasteiger partial charge in [0.1, 0.15) is 5.60 Å². The third-order valence-corrected chi connectivity index (χ3v) is 3.39. The smallest absolute Gasteiger partial charge is 0.408 e. The topological polar surface area (TPSA) is 87.7 Å². The van der Waals surface area contributed by atoms with E-state index in [0.717, 1.165) is 4.90 Å². The van der Waals surface area contributed by atoms with E-state index in [4.69, 9.17) is 4.74 Å². The monoisotopic (exact) mass is 319 g/mol. The number of carbonyl (C=O) groups excluding carboxylic acids is 3. The van der Waals surface area contributed by atoms with E-state index in [0.29, 0.717) is 0 Å². The summed E-state index contributed by atoms with van der Waals surface area (Å²) in [5, 5.41) is 4.49. The number of rotatable bonds is 2. The van der Waals surface area contributed by atoms with Crippen molar-refractivity contribution in [3.8, 4) is 0 Å². The molecule has 0 aromatic heterocycles. The summed E-state index contributed by atoms with van der Waals surface area (Å²) >= 11 is 0. The van der Waals surface area contributed by atoms with E-state index in [2.05, 4.69) is 5.32 Å². The summed E-state index contributed by atoms with van der Waals surface area (Å²) in [5.41, 5.74) is -3.18. The lowest BCUT2D eigenvalue weighted by Gasteiger charge is -2.31. The standard InChI is InChI=1S/C13H19F2N3O4/c1-11(2,3)22-10(21)17-12(7-13(12,14)15)9(20)18-5-4-16-8(19)6-18/h4-7H2,1-3H3,(H,16,19)(H,17,21)/t12-/m1/s1. The van der Waals surface area contributed by atoms with Gasteiger partial charge in [-0.15, -0.1) is 0 Å². The average molecular weight is 319 g/mol. The molecule has 0 unspecified atom stereocenters. The second-order valence-corrected chi connectivity index (χ2v) is 6.49. The minimum atomic E-state index is -3.35. The number of ether oxygens (including phenoxy) is 1. The molecule has 1 saturated carbocycles. The fourth-order valence-electron chi connectivity index (χ4n) is 2.27. The van der Waals surface area contributed by atoms with Gasteiger partial charge in [-0.2, -0.15) is 0 Å². The van der Waals surface area contributed by atoms with Crippen LogP contribution in [0.4, 0.5) is 13.6 Å². The maximum Gasteiger partial charge on any atom is 0.408 e. The molecule has 0 aromatic rings.